The first kappa shape index (κ1) is 14.7. The van der Waals surface area contributed by atoms with Crippen molar-refractivity contribution in [1.29, 1.82) is 0 Å². The topological polar surface area (TPSA) is 74.7 Å². The van der Waals surface area contributed by atoms with Crippen LogP contribution >= 0.6 is 27.3 Å². The van der Waals surface area contributed by atoms with Gasteiger partial charge in [0.05, 0.1) is 3.79 Å². The minimum absolute atomic E-state index is 0.00850. The Morgan fingerprint density at radius 3 is 2.68 bits per heavy atom. The molecule has 2 heterocycles. The molecule has 0 spiro atoms. The highest BCUT2D eigenvalue weighted by atomic mass is 79.9. The fourth-order valence-electron chi connectivity index (χ4n) is 1.74. The monoisotopic (exact) mass is 365 g/mol. The van der Waals surface area contributed by atoms with E-state index in [2.05, 4.69) is 15.9 Å². The summed E-state index contributed by atoms with van der Waals surface area (Å²) < 4.78 is 26.6. The van der Waals surface area contributed by atoms with E-state index in [1.54, 1.807) is 0 Å². The summed E-state index contributed by atoms with van der Waals surface area (Å²) >= 11 is 4.04. The number of sulfonamides is 1. The van der Waals surface area contributed by atoms with Crippen LogP contribution in [0.15, 0.2) is 26.4 Å². The van der Waals surface area contributed by atoms with Gasteiger partial charge in [-0.1, -0.05) is 11.6 Å². The number of aromatic carboxylic acids is 1. The predicted octanol–water partition coefficient (Wildman–Crippen LogP) is 2.55. The largest absolute Gasteiger partial charge is 0.477 e. The summed E-state index contributed by atoms with van der Waals surface area (Å²) in [6.45, 7) is 2.72. The van der Waals surface area contributed by atoms with Crippen LogP contribution in [0.2, 0.25) is 0 Å². The SMILES string of the molecule is CC1=CCN(S(=O)(=O)c2cc(C(=O)O)sc2Br)CC1. The van der Waals surface area contributed by atoms with E-state index in [9.17, 15) is 13.2 Å². The molecule has 1 N–H and O–H groups in total. The van der Waals surface area contributed by atoms with Crippen LogP contribution in [-0.4, -0.2) is 36.9 Å². The second kappa shape index (κ2) is 5.35. The highest BCUT2D eigenvalue weighted by Crippen LogP contribution is 2.34. The second-order valence-corrected chi connectivity index (χ2v) is 8.49. The second-order valence-electron chi connectivity index (χ2n) is 4.22. The van der Waals surface area contributed by atoms with Gasteiger partial charge in [0.2, 0.25) is 10.0 Å². The molecular formula is C11H12BrNO4S2. The Morgan fingerprint density at radius 2 is 2.21 bits per heavy atom. The summed E-state index contributed by atoms with van der Waals surface area (Å²) in [5.74, 6) is -1.12. The normalized spacial score (nSPS) is 17.3. The van der Waals surface area contributed by atoms with E-state index in [-0.39, 0.29) is 9.77 Å². The Bertz CT molecular complexity index is 648. The van der Waals surface area contributed by atoms with Crippen molar-refractivity contribution in [2.45, 2.75) is 18.2 Å². The molecule has 2 rings (SSSR count). The fraction of sp³-hybridized carbons (Fsp3) is 0.364. The Labute approximate surface area is 123 Å². The van der Waals surface area contributed by atoms with E-state index in [0.29, 0.717) is 23.3 Å². The smallest absolute Gasteiger partial charge is 0.345 e. The first-order valence-electron chi connectivity index (χ1n) is 5.51. The molecule has 8 heteroatoms. The molecule has 0 saturated heterocycles. The summed E-state index contributed by atoms with van der Waals surface area (Å²) in [5, 5.41) is 8.91. The van der Waals surface area contributed by atoms with Gasteiger partial charge >= 0.3 is 5.97 Å². The lowest BCUT2D eigenvalue weighted by molar-refractivity contribution is 0.0702. The third-order valence-corrected chi connectivity index (χ3v) is 6.99. The molecule has 0 unspecified atom stereocenters. The highest BCUT2D eigenvalue weighted by molar-refractivity contribution is 9.11. The molecule has 1 aromatic heterocycles. The molecule has 5 nitrogen and oxygen atoms in total. The zero-order valence-corrected chi connectivity index (χ0v) is 13.3. The number of nitrogens with zero attached hydrogens (tertiary/aromatic N) is 1. The van der Waals surface area contributed by atoms with Gasteiger partial charge in [0.15, 0.2) is 0 Å². The number of hydrogen-bond donors (Lipinski definition) is 1. The zero-order chi connectivity index (χ0) is 14.2. The van der Waals surface area contributed by atoms with Gasteiger partial charge < -0.3 is 5.11 Å². The first-order chi connectivity index (χ1) is 8.82. The van der Waals surface area contributed by atoms with Gasteiger partial charge in [-0.15, -0.1) is 11.3 Å². The molecule has 1 aromatic rings. The van der Waals surface area contributed by atoms with Crippen molar-refractivity contribution in [1.82, 2.24) is 4.31 Å². The summed E-state index contributed by atoms with van der Waals surface area (Å²) in [6.07, 6.45) is 2.58. The maximum Gasteiger partial charge on any atom is 0.345 e. The minimum atomic E-state index is -3.64. The van der Waals surface area contributed by atoms with Crippen LogP contribution in [0, 0.1) is 0 Å². The van der Waals surface area contributed by atoms with Gasteiger partial charge in [-0.3, -0.25) is 0 Å². The minimum Gasteiger partial charge on any atom is -0.477 e. The van der Waals surface area contributed by atoms with Crippen molar-refractivity contribution < 1.29 is 18.3 Å². The van der Waals surface area contributed by atoms with Gasteiger partial charge in [0.1, 0.15) is 9.77 Å². The maximum absolute atomic E-state index is 12.4. The third kappa shape index (κ3) is 2.91. The molecule has 0 radical (unpaired) electrons. The fourth-order valence-corrected chi connectivity index (χ4v) is 5.48. The van der Waals surface area contributed by atoms with Gasteiger partial charge in [-0.2, -0.15) is 4.31 Å². The third-order valence-electron chi connectivity index (χ3n) is 2.88. The van der Waals surface area contributed by atoms with Crippen LogP contribution in [0.5, 0.6) is 0 Å². The van der Waals surface area contributed by atoms with Crippen molar-refractivity contribution in [3.63, 3.8) is 0 Å². The number of carbonyl (C=O) groups is 1. The molecule has 0 atom stereocenters. The van der Waals surface area contributed by atoms with Crippen molar-refractivity contribution in [2.24, 2.45) is 0 Å². The van der Waals surface area contributed by atoms with Crippen LogP contribution in [0.1, 0.15) is 23.0 Å². The van der Waals surface area contributed by atoms with Crippen molar-refractivity contribution in [3.8, 4) is 0 Å². The summed E-state index contributed by atoms with van der Waals surface area (Å²) in [6, 6.07) is 1.21. The Hall–Kier alpha value is -0.700. The van der Waals surface area contributed by atoms with Crippen LogP contribution < -0.4 is 0 Å². The average molecular weight is 366 g/mol. The molecule has 0 fully saturated rings. The quantitative estimate of drug-likeness (QED) is 0.835. The predicted molar refractivity (Wildman–Crippen MR) is 76.1 cm³/mol. The van der Waals surface area contributed by atoms with Crippen molar-refractivity contribution in [2.75, 3.05) is 13.1 Å². The highest BCUT2D eigenvalue weighted by Gasteiger charge is 2.30. The number of rotatable bonds is 3. The standard InChI is InChI=1S/C11H12BrNO4S2/c1-7-2-4-13(5-3-7)19(16,17)9-6-8(11(14)15)18-10(9)12/h2,6H,3-5H2,1H3,(H,14,15). The molecule has 19 heavy (non-hydrogen) atoms. The molecule has 0 amide bonds. The van der Waals surface area contributed by atoms with Gasteiger partial charge in [0, 0.05) is 13.1 Å². The van der Waals surface area contributed by atoms with Crippen LogP contribution in [0.3, 0.4) is 0 Å². The molecular weight excluding hydrogens is 354 g/mol. The van der Waals surface area contributed by atoms with E-state index in [1.165, 1.54) is 15.9 Å². The van der Waals surface area contributed by atoms with Crippen LogP contribution in [0.25, 0.3) is 0 Å². The molecule has 1 aliphatic rings. The van der Waals surface area contributed by atoms with E-state index < -0.39 is 16.0 Å². The van der Waals surface area contributed by atoms with E-state index in [4.69, 9.17) is 5.11 Å². The Kier molecular flexibility index (Phi) is 4.14. The van der Waals surface area contributed by atoms with Gasteiger partial charge in [-0.25, -0.2) is 13.2 Å². The molecule has 0 aliphatic carbocycles. The summed E-state index contributed by atoms with van der Waals surface area (Å²) in [5.41, 5.74) is 1.17. The Balaban J connectivity index is 2.37. The molecule has 0 aromatic carbocycles. The maximum atomic E-state index is 12.4. The lowest BCUT2D eigenvalue weighted by Crippen LogP contribution is -2.34. The van der Waals surface area contributed by atoms with Crippen molar-refractivity contribution in [3.05, 3.63) is 26.4 Å². The molecule has 1 aliphatic heterocycles. The van der Waals surface area contributed by atoms with Crippen LogP contribution in [-0.2, 0) is 10.0 Å². The molecule has 0 bridgehead atoms. The van der Waals surface area contributed by atoms with E-state index in [1.807, 2.05) is 13.0 Å². The lowest BCUT2D eigenvalue weighted by Gasteiger charge is -2.24. The van der Waals surface area contributed by atoms with Crippen molar-refractivity contribution >= 4 is 43.3 Å². The number of hydrogen-bond acceptors (Lipinski definition) is 4. The molecule has 0 saturated carbocycles. The Morgan fingerprint density at radius 1 is 1.53 bits per heavy atom. The van der Waals surface area contributed by atoms with Gasteiger partial charge in [-0.05, 0) is 35.3 Å². The van der Waals surface area contributed by atoms with E-state index >= 15 is 0 Å². The first-order valence-corrected chi connectivity index (χ1v) is 8.55. The number of carboxylic acids is 1. The lowest BCUT2D eigenvalue weighted by atomic mass is 10.1. The average Bonchev–Trinajstić information content (AvgIpc) is 2.73. The summed E-state index contributed by atoms with van der Waals surface area (Å²) in [4.78, 5) is 10.9. The number of halogens is 1. The molecule has 104 valence electrons. The van der Waals surface area contributed by atoms with Crippen LogP contribution in [0.4, 0.5) is 0 Å². The number of thiophene rings is 1. The summed E-state index contributed by atoms with van der Waals surface area (Å²) in [7, 11) is -3.64. The van der Waals surface area contributed by atoms with E-state index in [0.717, 1.165) is 11.3 Å². The number of carboxylic acid groups (broad SMARTS) is 1. The zero-order valence-electron chi connectivity index (χ0n) is 10.1. The van der Waals surface area contributed by atoms with Gasteiger partial charge in [0.25, 0.3) is 0 Å².